The van der Waals surface area contributed by atoms with E-state index in [1.807, 2.05) is 0 Å². The van der Waals surface area contributed by atoms with Crippen LogP contribution in [0.1, 0.15) is 11.1 Å². The Morgan fingerprint density at radius 3 is 2.58 bits per heavy atom. The van der Waals surface area contributed by atoms with Crippen LogP contribution in [-0.2, 0) is 4.79 Å². The molecule has 0 fully saturated rings. The Hall–Kier alpha value is -2.00. The van der Waals surface area contributed by atoms with Gasteiger partial charge in [-0.25, -0.2) is 4.79 Å². The van der Waals surface area contributed by atoms with Crippen molar-refractivity contribution in [1.82, 2.24) is 0 Å². The van der Waals surface area contributed by atoms with Gasteiger partial charge in [-0.1, -0.05) is 41.4 Å². The molecule has 0 atom stereocenters. The second-order valence-corrected chi connectivity index (χ2v) is 6.31. The average molecular weight is 427 g/mol. The van der Waals surface area contributed by atoms with Gasteiger partial charge in [0, 0.05) is 10.6 Å². The summed E-state index contributed by atoms with van der Waals surface area (Å²) >= 11 is 15.5. The van der Waals surface area contributed by atoms with E-state index in [0.717, 1.165) is 0 Å². The van der Waals surface area contributed by atoms with Crippen LogP contribution in [0.15, 0.2) is 40.9 Å². The van der Waals surface area contributed by atoms with E-state index in [1.54, 1.807) is 42.5 Å². The first-order chi connectivity index (χ1) is 11.4. The summed E-state index contributed by atoms with van der Waals surface area (Å²) in [4.78, 5) is 10.6. The lowest BCUT2D eigenvalue weighted by atomic mass is 10.0. The molecule has 0 bridgehead atoms. The maximum atomic E-state index is 10.6. The summed E-state index contributed by atoms with van der Waals surface area (Å²) in [5, 5.41) is 18.8. The Bertz CT molecular complexity index is 836. The van der Waals surface area contributed by atoms with Gasteiger partial charge in [0.2, 0.25) is 0 Å². The zero-order valence-corrected chi connectivity index (χ0v) is 15.2. The monoisotopic (exact) mass is 425 g/mol. The number of carboxylic acid groups (broad SMARTS) is 1. The SMILES string of the molecule is N#CC(=Cc1cc(Cl)c(OCC(=O)O)c(Br)c1)c1ccccc1Cl. The molecule has 0 unspecified atom stereocenters. The standard InChI is InChI=1S/C17H10BrCl2NO3/c18-13-6-10(7-15(20)17(13)24-9-16(22)23)5-11(8-21)12-3-1-2-4-14(12)19/h1-7H,9H2,(H,22,23). The first-order valence-electron chi connectivity index (χ1n) is 6.62. The van der Waals surface area contributed by atoms with Gasteiger partial charge < -0.3 is 9.84 Å². The Labute approximate surface area is 157 Å². The van der Waals surface area contributed by atoms with E-state index >= 15 is 0 Å². The fraction of sp³-hybridized carbons (Fsp3) is 0.0588. The molecule has 0 aliphatic rings. The van der Waals surface area contributed by atoms with E-state index in [-0.39, 0.29) is 10.8 Å². The van der Waals surface area contributed by atoms with E-state index in [1.165, 1.54) is 0 Å². The van der Waals surface area contributed by atoms with E-state index in [4.69, 9.17) is 33.0 Å². The molecule has 4 nitrogen and oxygen atoms in total. The molecule has 24 heavy (non-hydrogen) atoms. The third kappa shape index (κ3) is 4.51. The lowest BCUT2D eigenvalue weighted by Crippen LogP contribution is -2.10. The summed E-state index contributed by atoms with van der Waals surface area (Å²) in [5.41, 5.74) is 1.63. The second-order valence-electron chi connectivity index (χ2n) is 4.65. The van der Waals surface area contributed by atoms with Crippen LogP contribution in [0.3, 0.4) is 0 Å². The Morgan fingerprint density at radius 1 is 1.29 bits per heavy atom. The molecule has 0 spiro atoms. The number of carboxylic acids is 1. The van der Waals surface area contributed by atoms with Crippen LogP contribution < -0.4 is 4.74 Å². The molecule has 7 heteroatoms. The molecule has 2 aromatic carbocycles. The Morgan fingerprint density at radius 2 is 2.00 bits per heavy atom. The predicted molar refractivity (Wildman–Crippen MR) is 97.2 cm³/mol. The number of allylic oxidation sites excluding steroid dienone is 1. The number of nitrogens with zero attached hydrogens (tertiary/aromatic N) is 1. The first-order valence-corrected chi connectivity index (χ1v) is 8.17. The van der Waals surface area contributed by atoms with Gasteiger partial charge in [-0.2, -0.15) is 5.26 Å². The molecule has 0 aliphatic carbocycles. The minimum absolute atomic E-state index is 0.229. The number of hydrogen-bond donors (Lipinski definition) is 1. The van der Waals surface area contributed by atoms with Gasteiger partial charge in [0.05, 0.1) is 21.1 Å². The molecule has 0 saturated heterocycles. The van der Waals surface area contributed by atoms with E-state index < -0.39 is 12.6 Å². The Balaban J connectivity index is 2.40. The van der Waals surface area contributed by atoms with Crippen molar-refractivity contribution in [3.8, 4) is 11.8 Å². The molecule has 2 rings (SSSR count). The highest BCUT2D eigenvalue weighted by atomic mass is 79.9. The topological polar surface area (TPSA) is 70.3 Å². The summed E-state index contributed by atoms with van der Waals surface area (Å²) in [7, 11) is 0. The number of aliphatic carboxylic acids is 1. The summed E-state index contributed by atoms with van der Waals surface area (Å²) in [6, 6.07) is 12.4. The number of benzene rings is 2. The highest BCUT2D eigenvalue weighted by Gasteiger charge is 2.12. The minimum atomic E-state index is -1.10. The predicted octanol–water partition coefficient (Wildman–Crippen LogP) is 5.28. The zero-order valence-electron chi connectivity index (χ0n) is 12.1. The normalized spacial score (nSPS) is 11.0. The number of ether oxygens (including phenoxy) is 1. The molecule has 0 saturated carbocycles. The van der Waals surface area contributed by atoms with Gasteiger partial charge in [0.15, 0.2) is 12.4 Å². The lowest BCUT2D eigenvalue weighted by molar-refractivity contribution is -0.139. The van der Waals surface area contributed by atoms with Crippen molar-refractivity contribution in [2.45, 2.75) is 0 Å². The summed E-state index contributed by atoms with van der Waals surface area (Å²) in [6.45, 7) is -0.503. The maximum Gasteiger partial charge on any atom is 0.341 e. The first kappa shape index (κ1) is 18.3. The summed E-state index contributed by atoms with van der Waals surface area (Å²) < 4.78 is 5.62. The van der Waals surface area contributed by atoms with Crippen molar-refractivity contribution in [2.24, 2.45) is 0 Å². The largest absolute Gasteiger partial charge is 0.479 e. The quantitative estimate of drug-likeness (QED) is 0.521. The third-order valence-corrected chi connectivity index (χ3v) is 4.16. The van der Waals surface area contributed by atoms with Gasteiger partial charge in [-0.3, -0.25) is 0 Å². The fourth-order valence-corrected chi connectivity index (χ4v) is 3.18. The van der Waals surface area contributed by atoms with Crippen molar-refractivity contribution in [2.75, 3.05) is 6.61 Å². The van der Waals surface area contributed by atoms with Gasteiger partial charge in [-0.05, 0) is 45.8 Å². The maximum absolute atomic E-state index is 10.6. The fourth-order valence-electron chi connectivity index (χ4n) is 1.95. The highest BCUT2D eigenvalue weighted by molar-refractivity contribution is 9.10. The zero-order chi connectivity index (χ0) is 17.7. The van der Waals surface area contributed by atoms with Crippen molar-refractivity contribution in [1.29, 1.82) is 5.26 Å². The van der Waals surface area contributed by atoms with Crippen LogP contribution >= 0.6 is 39.1 Å². The van der Waals surface area contributed by atoms with Crippen LogP contribution in [0.5, 0.6) is 5.75 Å². The number of carbonyl (C=O) groups is 1. The Kier molecular flexibility index (Phi) is 6.27. The molecule has 0 aromatic heterocycles. The van der Waals surface area contributed by atoms with Crippen molar-refractivity contribution in [3.05, 3.63) is 62.0 Å². The van der Waals surface area contributed by atoms with Crippen LogP contribution in [-0.4, -0.2) is 17.7 Å². The summed E-state index contributed by atoms with van der Waals surface area (Å²) in [6.07, 6.45) is 1.64. The van der Waals surface area contributed by atoms with Crippen LogP contribution in [0, 0.1) is 11.3 Å². The van der Waals surface area contributed by atoms with Crippen molar-refractivity contribution in [3.63, 3.8) is 0 Å². The molecule has 0 aliphatic heterocycles. The van der Waals surface area contributed by atoms with E-state index in [2.05, 4.69) is 22.0 Å². The van der Waals surface area contributed by atoms with Gasteiger partial charge >= 0.3 is 5.97 Å². The molecular formula is C17H10BrCl2NO3. The lowest BCUT2D eigenvalue weighted by Gasteiger charge is -2.10. The van der Waals surface area contributed by atoms with E-state index in [0.29, 0.717) is 26.2 Å². The van der Waals surface area contributed by atoms with Crippen LogP contribution in [0.25, 0.3) is 11.6 Å². The molecule has 0 radical (unpaired) electrons. The molecule has 122 valence electrons. The third-order valence-electron chi connectivity index (χ3n) is 2.96. The van der Waals surface area contributed by atoms with Gasteiger partial charge in [0.1, 0.15) is 0 Å². The molecule has 0 heterocycles. The van der Waals surface area contributed by atoms with Crippen molar-refractivity contribution >= 4 is 56.8 Å². The smallest absolute Gasteiger partial charge is 0.341 e. The molecular weight excluding hydrogens is 417 g/mol. The van der Waals surface area contributed by atoms with E-state index in [9.17, 15) is 10.1 Å². The van der Waals surface area contributed by atoms with Crippen LogP contribution in [0.4, 0.5) is 0 Å². The number of halogens is 3. The molecule has 2 aromatic rings. The number of rotatable bonds is 5. The highest BCUT2D eigenvalue weighted by Crippen LogP contribution is 2.36. The summed E-state index contributed by atoms with van der Waals surface area (Å²) in [5.74, 6) is -0.875. The second kappa shape index (κ2) is 8.20. The van der Waals surface area contributed by atoms with Crippen LogP contribution in [0.2, 0.25) is 10.0 Å². The van der Waals surface area contributed by atoms with Gasteiger partial charge in [-0.15, -0.1) is 0 Å². The van der Waals surface area contributed by atoms with Gasteiger partial charge in [0.25, 0.3) is 0 Å². The average Bonchev–Trinajstić information content (AvgIpc) is 2.52. The number of hydrogen-bond acceptors (Lipinski definition) is 3. The minimum Gasteiger partial charge on any atom is -0.479 e. The molecule has 1 N–H and O–H groups in total. The number of nitriles is 1. The van der Waals surface area contributed by atoms with Crippen molar-refractivity contribution < 1.29 is 14.6 Å². The molecule has 0 amide bonds.